The topological polar surface area (TPSA) is 63.1 Å². The summed E-state index contributed by atoms with van der Waals surface area (Å²) in [5, 5.41) is 4.38. The molecule has 16 heavy (non-hydrogen) atoms. The maximum atomic E-state index is 5.83. The van der Waals surface area contributed by atoms with E-state index in [-0.39, 0.29) is 0 Å². The van der Waals surface area contributed by atoms with Crippen molar-refractivity contribution in [3.8, 4) is 0 Å². The second-order valence-corrected chi connectivity index (χ2v) is 3.25. The Balaban J connectivity index is 2.03. The van der Waals surface area contributed by atoms with Gasteiger partial charge in [0.1, 0.15) is 11.3 Å². The van der Waals surface area contributed by atoms with Gasteiger partial charge in [-0.25, -0.2) is 9.97 Å². The maximum Gasteiger partial charge on any atom is 0.168 e. The minimum absolute atomic E-state index is 0.417. The molecule has 0 aliphatic rings. The van der Waals surface area contributed by atoms with Crippen molar-refractivity contribution in [1.29, 1.82) is 0 Å². The number of pyridine rings is 1. The lowest BCUT2D eigenvalue weighted by Crippen LogP contribution is -1.95. The predicted octanol–water partition coefficient (Wildman–Crippen LogP) is 1.97. The largest absolute Gasteiger partial charge is 0.260 e. The first-order chi connectivity index (χ1) is 7.86. The lowest BCUT2D eigenvalue weighted by Gasteiger charge is -1.99. The van der Waals surface area contributed by atoms with Gasteiger partial charge in [0.05, 0.1) is 18.1 Å². The molecule has 0 unspecified atom stereocenters. The highest BCUT2D eigenvalue weighted by atomic mass is 35.5. The zero-order valence-electron chi connectivity index (χ0n) is 8.21. The van der Waals surface area contributed by atoms with Crippen LogP contribution in [-0.2, 0) is 0 Å². The summed E-state index contributed by atoms with van der Waals surface area (Å²) < 4.78 is 0. The predicted molar refractivity (Wildman–Crippen MR) is 62.5 cm³/mol. The number of aromatic nitrogens is 3. The fourth-order valence-electron chi connectivity index (χ4n) is 1.01. The van der Waals surface area contributed by atoms with Gasteiger partial charge in [-0.15, -0.1) is 0 Å². The molecule has 0 atom stereocenters. The molecule has 0 fully saturated rings. The molecule has 5 nitrogen and oxygen atoms in total. The van der Waals surface area contributed by atoms with Crippen molar-refractivity contribution in [2.45, 2.75) is 0 Å². The molecule has 0 aliphatic carbocycles. The van der Waals surface area contributed by atoms with Crippen LogP contribution in [0.2, 0.25) is 5.02 Å². The van der Waals surface area contributed by atoms with E-state index in [2.05, 4.69) is 25.5 Å². The van der Waals surface area contributed by atoms with E-state index in [1.54, 1.807) is 12.4 Å². The van der Waals surface area contributed by atoms with Crippen molar-refractivity contribution in [3.05, 3.63) is 47.6 Å². The lowest BCUT2D eigenvalue weighted by atomic mass is 10.4. The fourth-order valence-corrected chi connectivity index (χ4v) is 1.15. The number of hydrazone groups is 1. The minimum Gasteiger partial charge on any atom is -0.260 e. The molecule has 2 aromatic heterocycles. The van der Waals surface area contributed by atoms with Gasteiger partial charge in [-0.3, -0.25) is 10.4 Å². The van der Waals surface area contributed by atoms with Crippen LogP contribution in [0.5, 0.6) is 0 Å². The Morgan fingerprint density at radius 2 is 2.25 bits per heavy atom. The first-order valence-corrected chi connectivity index (χ1v) is 4.89. The van der Waals surface area contributed by atoms with Gasteiger partial charge in [-0.1, -0.05) is 17.7 Å². The van der Waals surface area contributed by atoms with Crippen molar-refractivity contribution in [2.24, 2.45) is 5.10 Å². The molecule has 2 aromatic rings. The third-order valence-corrected chi connectivity index (χ3v) is 2.00. The first kappa shape index (κ1) is 10.5. The van der Waals surface area contributed by atoms with Gasteiger partial charge in [-0.2, -0.15) is 5.10 Å². The van der Waals surface area contributed by atoms with Gasteiger partial charge < -0.3 is 0 Å². The molecule has 0 amide bonds. The van der Waals surface area contributed by atoms with E-state index in [1.165, 1.54) is 12.5 Å². The average Bonchev–Trinajstić information content (AvgIpc) is 2.33. The first-order valence-electron chi connectivity index (χ1n) is 4.52. The molecule has 1 N–H and O–H groups in total. The highest BCUT2D eigenvalue weighted by Gasteiger charge is 1.97. The second kappa shape index (κ2) is 5.18. The van der Waals surface area contributed by atoms with Crippen molar-refractivity contribution >= 4 is 23.6 Å². The quantitative estimate of drug-likeness (QED) is 0.650. The SMILES string of the molecule is Clc1cncnc1N/N=C/c1ccccn1. The number of nitrogens with zero attached hydrogens (tertiary/aromatic N) is 4. The zero-order chi connectivity index (χ0) is 11.2. The molecule has 0 saturated heterocycles. The Hall–Kier alpha value is -2.01. The zero-order valence-corrected chi connectivity index (χ0v) is 8.96. The van der Waals surface area contributed by atoms with Gasteiger partial charge in [0, 0.05) is 6.20 Å². The number of hydrogen-bond donors (Lipinski definition) is 1. The summed E-state index contributed by atoms with van der Waals surface area (Å²) in [4.78, 5) is 11.8. The third kappa shape index (κ3) is 2.74. The van der Waals surface area contributed by atoms with E-state index in [9.17, 15) is 0 Å². The molecule has 2 rings (SSSR count). The van der Waals surface area contributed by atoms with Gasteiger partial charge in [0.2, 0.25) is 0 Å². The molecule has 0 spiro atoms. The summed E-state index contributed by atoms with van der Waals surface area (Å²) in [5.74, 6) is 0.462. The molecule has 0 aliphatic heterocycles. The van der Waals surface area contributed by atoms with Crippen LogP contribution in [0.25, 0.3) is 0 Å². The summed E-state index contributed by atoms with van der Waals surface area (Å²) in [5.41, 5.74) is 3.46. The molecule has 0 aromatic carbocycles. The highest BCUT2D eigenvalue weighted by Crippen LogP contribution is 2.15. The number of rotatable bonds is 3. The van der Waals surface area contributed by atoms with E-state index >= 15 is 0 Å². The van der Waals surface area contributed by atoms with Crippen LogP contribution in [0.1, 0.15) is 5.69 Å². The fraction of sp³-hybridized carbons (Fsp3) is 0. The van der Waals surface area contributed by atoms with Crippen molar-refractivity contribution < 1.29 is 0 Å². The van der Waals surface area contributed by atoms with Crippen LogP contribution in [-0.4, -0.2) is 21.2 Å². The van der Waals surface area contributed by atoms with Crippen molar-refractivity contribution in [1.82, 2.24) is 15.0 Å². The molecule has 0 saturated carbocycles. The highest BCUT2D eigenvalue weighted by molar-refractivity contribution is 6.32. The average molecular weight is 234 g/mol. The number of hydrogen-bond acceptors (Lipinski definition) is 5. The summed E-state index contributed by atoms with van der Waals surface area (Å²) in [6, 6.07) is 5.56. The van der Waals surface area contributed by atoms with E-state index in [0.29, 0.717) is 10.8 Å². The summed E-state index contributed by atoms with van der Waals surface area (Å²) >= 11 is 5.83. The maximum absolute atomic E-state index is 5.83. The molecule has 0 radical (unpaired) electrons. The Kier molecular flexibility index (Phi) is 3.40. The Morgan fingerprint density at radius 3 is 3.00 bits per heavy atom. The normalized spacial score (nSPS) is 10.6. The summed E-state index contributed by atoms with van der Waals surface area (Å²) in [6.45, 7) is 0. The van der Waals surface area contributed by atoms with Gasteiger partial charge >= 0.3 is 0 Å². The van der Waals surface area contributed by atoms with E-state index in [1.807, 2.05) is 18.2 Å². The van der Waals surface area contributed by atoms with E-state index in [4.69, 9.17) is 11.6 Å². The van der Waals surface area contributed by atoms with Gasteiger partial charge in [-0.05, 0) is 12.1 Å². The molecule has 2 heterocycles. The van der Waals surface area contributed by atoms with Gasteiger partial charge in [0.15, 0.2) is 5.82 Å². The van der Waals surface area contributed by atoms with Crippen LogP contribution in [0.15, 0.2) is 42.0 Å². The van der Waals surface area contributed by atoms with Gasteiger partial charge in [0.25, 0.3) is 0 Å². The molecule has 0 bridgehead atoms. The summed E-state index contributed by atoms with van der Waals surface area (Å²) in [6.07, 6.45) is 6.16. The number of anilines is 1. The number of halogens is 1. The van der Waals surface area contributed by atoms with E-state index in [0.717, 1.165) is 5.69 Å². The van der Waals surface area contributed by atoms with E-state index < -0.39 is 0 Å². The third-order valence-electron chi connectivity index (χ3n) is 1.72. The van der Waals surface area contributed by atoms with Crippen LogP contribution < -0.4 is 5.43 Å². The molecule has 80 valence electrons. The summed E-state index contributed by atoms with van der Waals surface area (Å²) in [7, 11) is 0. The van der Waals surface area contributed by atoms with Crippen LogP contribution >= 0.6 is 11.6 Å². The van der Waals surface area contributed by atoms with Crippen LogP contribution in [0, 0.1) is 0 Å². The Labute approximate surface area is 97.2 Å². The van der Waals surface area contributed by atoms with Crippen molar-refractivity contribution in [2.75, 3.05) is 5.43 Å². The monoisotopic (exact) mass is 233 g/mol. The minimum atomic E-state index is 0.417. The Morgan fingerprint density at radius 1 is 1.31 bits per heavy atom. The molecular weight excluding hydrogens is 226 g/mol. The lowest BCUT2D eigenvalue weighted by molar-refractivity contribution is 1.14. The standard InChI is InChI=1S/C10H8ClN5/c11-9-6-12-7-14-10(9)16-15-5-8-3-1-2-4-13-8/h1-7H,(H,12,14,16)/b15-5+. The number of nitrogens with one attached hydrogen (secondary N) is 1. The van der Waals surface area contributed by atoms with Crippen molar-refractivity contribution in [3.63, 3.8) is 0 Å². The Bertz CT molecular complexity index is 486. The van der Waals surface area contributed by atoms with Crippen LogP contribution in [0.3, 0.4) is 0 Å². The van der Waals surface area contributed by atoms with Crippen LogP contribution in [0.4, 0.5) is 5.82 Å². The smallest absolute Gasteiger partial charge is 0.168 e. The second-order valence-electron chi connectivity index (χ2n) is 2.84. The molecule has 6 heteroatoms. The molecular formula is C10H8ClN5.